The molecule has 0 saturated heterocycles. The lowest BCUT2D eigenvalue weighted by Gasteiger charge is -2.14. The van der Waals surface area contributed by atoms with Crippen LogP contribution in [0.3, 0.4) is 0 Å². The SMILES string of the molecule is CC(=O)Nc1nc(C)c(S(=O)(=O)Nc2cc(N[C@H](C)CO)nc(SCc3ccccc3)n2)s1. The Hall–Kier alpha value is -2.74. The Morgan fingerprint density at radius 1 is 1.18 bits per heavy atom. The van der Waals surface area contributed by atoms with Crippen molar-refractivity contribution in [1.82, 2.24) is 15.0 Å². The molecule has 0 aliphatic rings. The molecule has 0 fully saturated rings. The molecule has 0 radical (unpaired) electrons. The standard InChI is InChI=1S/C20H24N6O4S3/c1-12(10-27)21-16-9-17(25-19(24-16)31-11-15-7-5-4-6-8-15)26-33(29,30)18-13(2)22-20(32-18)23-14(3)28/h4-9,12,27H,10-11H2,1-3H3,(H,22,23,28)(H2,21,24,25,26)/t12-/m1/s1. The highest BCUT2D eigenvalue weighted by atomic mass is 32.2. The molecule has 13 heteroatoms. The normalized spacial score (nSPS) is 12.2. The van der Waals surface area contributed by atoms with Crippen LogP contribution in [0.5, 0.6) is 0 Å². The van der Waals surface area contributed by atoms with Crippen LogP contribution < -0.4 is 15.4 Å². The monoisotopic (exact) mass is 508 g/mol. The second-order valence-electron chi connectivity index (χ2n) is 7.10. The highest BCUT2D eigenvalue weighted by Crippen LogP contribution is 2.30. The van der Waals surface area contributed by atoms with Crippen molar-refractivity contribution in [3.05, 3.63) is 47.7 Å². The lowest BCUT2D eigenvalue weighted by molar-refractivity contribution is -0.114. The van der Waals surface area contributed by atoms with Crippen molar-refractivity contribution < 1.29 is 18.3 Å². The van der Waals surface area contributed by atoms with Crippen LogP contribution in [0.15, 0.2) is 45.8 Å². The molecule has 2 heterocycles. The van der Waals surface area contributed by atoms with Crippen LogP contribution in [-0.4, -0.2) is 47.0 Å². The van der Waals surface area contributed by atoms with E-state index in [0.717, 1.165) is 16.9 Å². The summed E-state index contributed by atoms with van der Waals surface area (Å²) in [7, 11) is -4.02. The van der Waals surface area contributed by atoms with Crippen LogP contribution in [0.4, 0.5) is 16.8 Å². The van der Waals surface area contributed by atoms with Crippen molar-refractivity contribution in [2.75, 3.05) is 22.0 Å². The fourth-order valence-electron chi connectivity index (χ4n) is 2.66. The maximum atomic E-state index is 13.0. The van der Waals surface area contributed by atoms with E-state index in [9.17, 15) is 18.3 Å². The number of carbonyl (C=O) groups is 1. The third-order valence-corrected chi connectivity index (χ3v) is 8.06. The summed E-state index contributed by atoms with van der Waals surface area (Å²) < 4.78 is 28.5. The van der Waals surface area contributed by atoms with Crippen LogP contribution in [0, 0.1) is 6.92 Å². The fourth-order valence-corrected chi connectivity index (χ4v) is 5.92. The van der Waals surface area contributed by atoms with E-state index in [4.69, 9.17) is 0 Å². The number of amides is 1. The summed E-state index contributed by atoms with van der Waals surface area (Å²) in [6.07, 6.45) is 0. The average Bonchev–Trinajstić information content (AvgIpc) is 3.12. The minimum absolute atomic E-state index is 0.0263. The molecule has 1 amide bonds. The van der Waals surface area contributed by atoms with E-state index in [1.807, 2.05) is 30.3 Å². The number of sulfonamides is 1. The number of hydrogen-bond donors (Lipinski definition) is 4. The maximum Gasteiger partial charge on any atom is 0.274 e. The molecule has 4 N–H and O–H groups in total. The predicted octanol–water partition coefficient (Wildman–Crippen LogP) is 3.09. The zero-order valence-corrected chi connectivity index (χ0v) is 20.6. The van der Waals surface area contributed by atoms with Gasteiger partial charge in [-0.3, -0.25) is 9.52 Å². The number of thiazole rings is 1. The number of aromatic nitrogens is 3. The molecule has 0 aliphatic heterocycles. The summed E-state index contributed by atoms with van der Waals surface area (Å²) in [5.41, 5.74) is 1.33. The van der Waals surface area contributed by atoms with Crippen molar-refractivity contribution >= 4 is 55.8 Å². The largest absolute Gasteiger partial charge is 0.394 e. The Morgan fingerprint density at radius 3 is 2.55 bits per heavy atom. The number of aliphatic hydroxyl groups is 1. The number of anilines is 3. The summed E-state index contributed by atoms with van der Waals surface area (Å²) in [6, 6.07) is 10.9. The number of hydrogen-bond acceptors (Lipinski definition) is 10. The Bertz CT molecular complexity index is 1220. The zero-order valence-electron chi connectivity index (χ0n) is 18.2. The molecule has 0 saturated carbocycles. The summed E-state index contributed by atoms with van der Waals surface area (Å²) in [5, 5.41) is 15.4. The number of nitrogens with zero attached hydrogens (tertiary/aromatic N) is 3. The number of aryl methyl sites for hydroxylation is 1. The topological polar surface area (TPSA) is 146 Å². The molecule has 0 unspecified atom stereocenters. The molecule has 176 valence electrons. The first-order valence-corrected chi connectivity index (χ1v) is 13.2. The molecule has 0 spiro atoms. The zero-order chi connectivity index (χ0) is 24.0. The van der Waals surface area contributed by atoms with Gasteiger partial charge < -0.3 is 15.7 Å². The Balaban J connectivity index is 1.87. The second-order valence-corrected chi connectivity index (χ2v) is 10.9. The van der Waals surface area contributed by atoms with Gasteiger partial charge >= 0.3 is 0 Å². The van der Waals surface area contributed by atoms with Crippen molar-refractivity contribution in [2.24, 2.45) is 0 Å². The number of nitrogens with one attached hydrogen (secondary N) is 3. The lowest BCUT2D eigenvalue weighted by atomic mass is 10.2. The summed E-state index contributed by atoms with van der Waals surface area (Å²) in [5.74, 6) is 0.701. The Labute approximate surface area is 200 Å². The van der Waals surface area contributed by atoms with Crippen LogP contribution in [-0.2, 0) is 20.6 Å². The number of aliphatic hydroxyl groups excluding tert-OH is 1. The van der Waals surface area contributed by atoms with Gasteiger partial charge in [-0.2, -0.15) is 0 Å². The van der Waals surface area contributed by atoms with Gasteiger partial charge in [0, 0.05) is 24.8 Å². The first-order chi connectivity index (χ1) is 15.7. The predicted molar refractivity (Wildman–Crippen MR) is 130 cm³/mol. The van der Waals surface area contributed by atoms with Gasteiger partial charge in [0.05, 0.1) is 12.3 Å². The van der Waals surface area contributed by atoms with E-state index in [-0.39, 0.29) is 39.4 Å². The average molecular weight is 509 g/mol. The first-order valence-electron chi connectivity index (χ1n) is 9.87. The van der Waals surface area contributed by atoms with Gasteiger partial charge in [-0.15, -0.1) is 0 Å². The number of rotatable bonds is 10. The Morgan fingerprint density at radius 2 is 1.88 bits per heavy atom. The summed E-state index contributed by atoms with van der Waals surface area (Å²) in [6.45, 7) is 4.52. The third kappa shape index (κ3) is 7.12. The fraction of sp³-hybridized carbons (Fsp3) is 0.300. The molecule has 10 nitrogen and oxygen atoms in total. The third-order valence-electron chi connectivity index (χ3n) is 4.10. The molecule has 3 aromatic rings. The molecule has 0 bridgehead atoms. The molecule has 33 heavy (non-hydrogen) atoms. The highest BCUT2D eigenvalue weighted by molar-refractivity contribution is 7.98. The molecule has 3 rings (SSSR count). The molecular weight excluding hydrogens is 484 g/mol. The quantitative estimate of drug-likeness (QED) is 0.240. The smallest absolute Gasteiger partial charge is 0.274 e. The van der Waals surface area contributed by atoms with Gasteiger partial charge in [0.2, 0.25) is 5.91 Å². The number of thioether (sulfide) groups is 1. The van der Waals surface area contributed by atoms with Gasteiger partial charge in [-0.25, -0.2) is 23.4 Å². The maximum absolute atomic E-state index is 13.0. The van der Waals surface area contributed by atoms with Crippen LogP contribution >= 0.6 is 23.1 Å². The van der Waals surface area contributed by atoms with Crippen LogP contribution in [0.1, 0.15) is 25.1 Å². The van der Waals surface area contributed by atoms with Gasteiger partial charge in [0.1, 0.15) is 11.6 Å². The van der Waals surface area contributed by atoms with E-state index >= 15 is 0 Å². The first kappa shape index (κ1) is 24.9. The number of benzene rings is 1. The Kier molecular flexibility index (Phi) is 8.24. The van der Waals surface area contributed by atoms with Crippen molar-refractivity contribution in [3.8, 4) is 0 Å². The van der Waals surface area contributed by atoms with Crippen molar-refractivity contribution in [3.63, 3.8) is 0 Å². The van der Waals surface area contributed by atoms with Gasteiger partial charge in [-0.1, -0.05) is 53.4 Å². The van der Waals surface area contributed by atoms with Crippen molar-refractivity contribution in [2.45, 2.75) is 41.9 Å². The van der Waals surface area contributed by atoms with Gasteiger partial charge in [0.15, 0.2) is 14.5 Å². The molecule has 1 aromatic carbocycles. The van der Waals surface area contributed by atoms with Gasteiger partial charge in [0.25, 0.3) is 10.0 Å². The molecule has 1 atom stereocenters. The van der Waals surface area contributed by atoms with E-state index in [1.165, 1.54) is 24.8 Å². The van der Waals surface area contributed by atoms with E-state index in [0.29, 0.717) is 16.7 Å². The lowest BCUT2D eigenvalue weighted by Crippen LogP contribution is -2.21. The minimum Gasteiger partial charge on any atom is -0.394 e. The number of carbonyl (C=O) groups excluding carboxylic acids is 1. The molecule has 0 aliphatic carbocycles. The van der Waals surface area contributed by atoms with Crippen LogP contribution in [0.25, 0.3) is 0 Å². The van der Waals surface area contributed by atoms with E-state index in [1.54, 1.807) is 13.8 Å². The minimum atomic E-state index is -4.02. The molecular formula is C20H24N6O4S3. The van der Waals surface area contributed by atoms with E-state index in [2.05, 4.69) is 30.3 Å². The van der Waals surface area contributed by atoms with Crippen LogP contribution in [0.2, 0.25) is 0 Å². The molecule has 2 aromatic heterocycles. The van der Waals surface area contributed by atoms with Gasteiger partial charge in [-0.05, 0) is 19.4 Å². The summed E-state index contributed by atoms with van der Waals surface area (Å²) in [4.78, 5) is 24.2. The van der Waals surface area contributed by atoms with E-state index < -0.39 is 10.0 Å². The highest BCUT2D eigenvalue weighted by Gasteiger charge is 2.23. The second kappa shape index (κ2) is 10.9. The summed E-state index contributed by atoms with van der Waals surface area (Å²) >= 11 is 2.21. The van der Waals surface area contributed by atoms with Crippen molar-refractivity contribution in [1.29, 1.82) is 0 Å².